The molecule has 4 nitrogen and oxygen atoms in total. The number of thiazole rings is 1. The van der Waals surface area contributed by atoms with Crippen molar-refractivity contribution in [3.63, 3.8) is 0 Å². The smallest absolute Gasteiger partial charge is 0.308 e. The van der Waals surface area contributed by atoms with E-state index in [1.807, 2.05) is 0 Å². The quantitative estimate of drug-likeness (QED) is 0.396. The van der Waals surface area contributed by atoms with Gasteiger partial charge in [0.25, 0.3) is 5.91 Å². The van der Waals surface area contributed by atoms with E-state index in [-0.39, 0.29) is 17.7 Å². The van der Waals surface area contributed by atoms with E-state index in [4.69, 9.17) is 11.6 Å². The SMILES string of the molecule is CN(C)CCN(C(=O)c1cc(C(F)(F)F)cc(C(F)(F)F)c1)c1nc2ccc(Cl)cc2s1. The molecule has 3 aromatic rings. The lowest BCUT2D eigenvalue weighted by Crippen LogP contribution is -2.37. The van der Waals surface area contributed by atoms with Crippen LogP contribution in [0.3, 0.4) is 0 Å². The normalized spacial score (nSPS) is 12.6. The van der Waals surface area contributed by atoms with E-state index in [0.717, 1.165) is 16.2 Å². The van der Waals surface area contributed by atoms with E-state index >= 15 is 0 Å². The molecular formula is C20H16ClF6N3OS. The maximum absolute atomic E-state index is 13.2. The van der Waals surface area contributed by atoms with Crippen molar-refractivity contribution in [2.24, 2.45) is 0 Å². The van der Waals surface area contributed by atoms with Gasteiger partial charge in [-0.25, -0.2) is 4.98 Å². The molecule has 1 aromatic heterocycles. The summed E-state index contributed by atoms with van der Waals surface area (Å²) in [6.45, 7) is 0.296. The Balaban J connectivity index is 2.11. The Labute approximate surface area is 188 Å². The molecule has 12 heteroatoms. The second kappa shape index (κ2) is 8.87. The molecule has 0 saturated heterocycles. The predicted molar refractivity (Wildman–Crippen MR) is 111 cm³/mol. The molecule has 3 rings (SSSR count). The van der Waals surface area contributed by atoms with Crippen molar-refractivity contribution in [2.75, 3.05) is 32.1 Å². The first-order valence-electron chi connectivity index (χ1n) is 9.08. The highest BCUT2D eigenvalue weighted by molar-refractivity contribution is 7.22. The number of hydrogen-bond acceptors (Lipinski definition) is 4. The van der Waals surface area contributed by atoms with E-state index in [2.05, 4.69) is 4.98 Å². The number of amides is 1. The van der Waals surface area contributed by atoms with E-state index < -0.39 is 35.0 Å². The summed E-state index contributed by atoms with van der Waals surface area (Å²) in [5.74, 6) is -1.02. The van der Waals surface area contributed by atoms with Gasteiger partial charge in [-0.3, -0.25) is 9.69 Å². The van der Waals surface area contributed by atoms with Gasteiger partial charge in [-0.1, -0.05) is 22.9 Å². The zero-order valence-corrected chi connectivity index (χ0v) is 18.3. The molecule has 172 valence electrons. The second-order valence-corrected chi connectivity index (χ2v) is 8.61. The summed E-state index contributed by atoms with van der Waals surface area (Å²) >= 11 is 7.03. The van der Waals surface area contributed by atoms with Gasteiger partial charge in [0.1, 0.15) is 0 Å². The molecule has 0 spiro atoms. The molecule has 1 heterocycles. The molecule has 0 atom stereocenters. The maximum Gasteiger partial charge on any atom is 0.416 e. The number of nitrogens with zero attached hydrogens (tertiary/aromatic N) is 3. The minimum atomic E-state index is -5.06. The number of carbonyl (C=O) groups is 1. The number of alkyl halides is 6. The van der Waals surface area contributed by atoms with Crippen LogP contribution in [-0.4, -0.2) is 43.0 Å². The zero-order valence-electron chi connectivity index (χ0n) is 16.7. The van der Waals surface area contributed by atoms with E-state index in [1.54, 1.807) is 37.2 Å². The zero-order chi connectivity index (χ0) is 23.8. The molecule has 0 aliphatic rings. The van der Waals surface area contributed by atoms with E-state index in [0.29, 0.717) is 33.9 Å². The third-order valence-electron chi connectivity index (χ3n) is 4.42. The minimum absolute atomic E-state index is 0.00299. The number of halogens is 7. The number of hydrogen-bond donors (Lipinski definition) is 0. The Kier molecular flexibility index (Phi) is 6.73. The monoisotopic (exact) mass is 495 g/mol. The molecule has 1 amide bonds. The van der Waals surface area contributed by atoms with Crippen LogP contribution in [0.4, 0.5) is 31.5 Å². The van der Waals surface area contributed by atoms with Crippen LogP contribution in [0.1, 0.15) is 21.5 Å². The van der Waals surface area contributed by atoms with Crippen LogP contribution in [0.5, 0.6) is 0 Å². The average Bonchev–Trinajstić information content (AvgIpc) is 3.08. The summed E-state index contributed by atoms with van der Waals surface area (Å²) in [6, 6.07) is 5.63. The van der Waals surface area contributed by atoms with Crippen LogP contribution in [0.25, 0.3) is 10.2 Å². The van der Waals surface area contributed by atoms with Crippen molar-refractivity contribution in [1.82, 2.24) is 9.88 Å². The third-order valence-corrected chi connectivity index (χ3v) is 5.70. The standard InChI is InChI=1S/C20H16ClF6N3OS/c1-29(2)5-6-30(18-28-15-4-3-14(21)10-16(15)32-18)17(31)11-7-12(19(22,23)24)9-13(8-11)20(25,26)27/h3-4,7-10H,5-6H2,1-2H3. The summed E-state index contributed by atoms with van der Waals surface area (Å²) in [5.41, 5.74) is -3.35. The fourth-order valence-corrected chi connectivity index (χ4v) is 4.09. The molecule has 0 bridgehead atoms. The lowest BCUT2D eigenvalue weighted by atomic mass is 10.0. The van der Waals surface area contributed by atoms with Gasteiger partial charge in [-0.05, 0) is 50.5 Å². The minimum Gasteiger partial charge on any atom is -0.308 e. The molecule has 32 heavy (non-hydrogen) atoms. The molecule has 2 aromatic carbocycles. The van der Waals surface area contributed by atoms with Crippen LogP contribution in [-0.2, 0) is 12.4 Å². The molecule has 0 fully saturated rings. The fourth-order valence-electron chi connectivity index (χ4n) is 2.82. The van der Waals surface area contributed by atoms with E-state index in [1.165, 1.54) is 0 Å². The van der Waals surface area contributed by atoms with Crippen molar-refractivity contribution in [1.29, 1.82) is 0 Å². The topological polar surface area (TPSA) is 36.4 Å². The van der Waals surface area contributed by atoms with Crippen LogP contribution >= 0.6 is 22.9 Å². The summed E-state index contributed by atoms with van der Waals surface area (Å²) in [4.78, 5) is 20.3. The van der Waals surface area contributed by atoms with Crippen molar-refractivity contribution in [3.05, 3.63) is 58.1 Å². The fraction of sp³-hybridized carbons (Fsp3) is 0.300. The average molecular weight is 496 g/mol. The number of likely N-dealkylation sites (N-methyl/N-ethyl adjacent to an activating group) is 1. The highest BCUT2D eigenvalue weighted by Crippen LogP contribution is 2.37. The van der Waals surface area contributed by atoms with Crippen molar-refractivity contribution in [2.45, 2.75) is 12.4 Å². The maximum atomic E-state index is 13.2. The van der Waals surface area contributed by atoms with Gasteiger partial charge in [0.2, 0.25) is 0 Å². The Morgan fingerprint density at radius 3 is 2.09 bits per heavy atom. The summed E-state index contributed by atoms with van der Waals surface area (Å²) in [7, 11) is 3.43. The van der Waals surface area contributed by atoms with Gasteiger partial charge in [-0.15, -0.1) is 0 Å². The number of anilines is 1. The number of carbonyl (C=O) groups excluding carboxylic acids is 1. The first-order valence-corrected chi connectivity index (χ1v) is 10.3. The van der Waals surface area contributed by atoms with Gasteiger partial charge in [0, 0.05) is 23.7 Å². The van der Waals surface area contributed by atoms with Crippen LogP contribution < -0.4 is 4.90 Å². The Hall–Kier alpha value is -2.37. The van der Waals surface area contributed by atoms with Crippen LogP contribution in [0.2, 0.25) is 5.02 Å². The van der Waals surface area contributed by atoms with Crippen molar-refractivity contribution < 1.29 is 31.1 Å². The number of rotatable bonds is 5. The Bertz CT molecular complexity index is 1110. The highest BCUT2D eigenvalue weighted by atomic mass is 35.5. The summed E-state index contributed by atoms with van der Waals surface area (Å²) < 4.78 is 80.0. The molecule has 0 radical (unpaired) electrons. The molecule has 0 N–H and O–H groups in total. The van der Waals surface area contributed by atoms with Crippen LogP contribution in [0.15, 0.2) is 36.4 Å². The summed E-state index contributed by atoms with van der Waals surface area (Å²) in [6.07, 6.45) is -10.1. The second-order valence-electron chi connectivity index (χ2n) is 7.16. The molecule has 0 unspecified atom stereocenters. The highest BCUT2D eigenvalue weighted by Gasteiger charge is 2.38. The van der Waals surface area contributed by atoms with Gasteiger partial charge < -0.3 is 4.90 Å². The molecule has 0 aliphatic heterocycles. The first-order chi connectivity index (χ1) is 14.8. The molecular weight excluding hydrogens is 480 g/mol. The van der Waals surface area contributed by atoms with Crippen molar-refractivity contribution >= 4 is 44.2 Å². The third kappa shape index (κ3) is 5.51. The van der Waals surface area contributed by atoms with Crippen molar-refractivity contribution in [3.8, 4) is 0 Å². The first kappa shape index (κ1) is 24.3. The number of aromatic nitrogens is 1. The molecule has 0 aliphatic carbocycles. The lowest BCUT2D eigenvalue weighted by molar-refractivity contribution is -0.143. The van der Waals surface area contributed by atoms with Gasteiger partial charge in [0.15, 0.2) is 5.13 Å². The summed E-state index contributed by atoms with van der Waals surface area (Å²) in [5, 5.41) is 0.562. The molecule has 0 saturated carbocycles. The predicted octanol–water partition coefficient (Wildman–Crippen LogP) is 6.20. The van der Waals surface area contributed by atoms with Gasteiger partial charge in [-0.2, -0.15) is 26.3 Å². The van der Waals surface area contributed by atoms with Gasteiger partial charge in [0.05, 0.1) is 21.3 Å². The Morgan fingerprint density at radius 2 is 1.56 bits per heavy atom. The van der Waals surface area contributed by atoms with E-state index in [9.17, 15) is 31.1 Å². The largest absolute Gasteiger partial charge is 0.416 e. The number of benzene rings is 2. The number of fused-ring (bicyclic) bond motifs is 1. The van der Waals surface area contributed by atoms with Gasteiger partial charge >= 0.3 is 12.4 Å². The van der Waals surface area contributed by atoms with Crippen LogP contribution in [0, 0.1) is 0 Å². The lowest BCUT2D eigenvalue weighted by Gasteiger charge is -2.23. The Morgan fingerprint density at radius 1 is 0.969 bits per heavy atom.